The van der Waals surface area contributed by atoms with Gasteiger partial charge in [0, 0.05) is 0 Å². The lowest BCUT2D eigenvalue weighted by Crippen LogP contribution is -2.09. The van der Waals surface area contributed by atoms with Crippen molar-refractivity contribution in [2.24, 2.45) is 0 Å². The van der Waals surface area contributed by atoms with E-state index in [1.807, 2.05) is 0 Å². The van der Waals surface area contributed by atoms with Crippen LogP contribution in [-0.4, -0.2) is 19.9 Å². The third kappa shape index (κ3) is 3.29. The lowest BCUT2D eigenvalue weighted by Gasteiger charge is -1.97. The zero-order valence-corrected chi connectivity index (χ0v) is 13.4. The molecule has 26 heavy (non-hydrogen) atoms. The summed E-state index contributed by atoms with van der Waals surface area (Å²) in [6.07, 6.45) is 2.27. The highest BCUT2D eigenvalue weighted by Gasteiger charge is 2.09. The molecule has 0 aliphatic rings. The van der Waals surface area contributed by atoms with Crippen molar-refractivity contribution in [3.63, 3.8) is 0 Å². The molecule has 10 heteroatoms. The van der Waals surface area contributed by atoms with Crippen LogP contribution in [0.5, 0.6) is 0 Å². The van der Waals surface area contributed by atoms with E-state index in [-0.39, 0.29) is 21.3 Å². The smallest absolute Gasteiger partial charge is 0.261 e. The fraction of sp³-hybridized carbons (Fsp3) is 0. The van der Waals surface area contributed by atoms with Gasteiger partial charge in [0.1, 0.15) is 28.4 Å². The van der Waals surface area contributed by atoms with Gasteiger partial charge in [0.05, 0.1) is 28.6 Å². The molecule has 2 heterocycles. The Morgan fingerprint density at radius 1 is 0.846 bits per heavy atom. The van der Waals surface area contributed by atoms with Crippen LogP contribution in [0.3, 0.4) is 0 Å². The normalized spacial score (nSPS) is 10.6. The van der Waals surface area contributed by atoms with Crippen molar-refractivity contribution in [3.8, 4) is 0 Å². The first-order chi connectivity index (χ1) is 12.4. The van der Waals surface area contributed by atoms with E-state index in [0.29, 0.717) is 5.52 Å². The average molecular weight is 381 g/mol. The van der Waals surface area contributed by atoms with Crippen LogP contribution >= 0.6 is 11.6 Å². The van der Waals surface area contributed by atoms with Crippen molar-refractivity contribution in [2.45, 2.75) is 0 Å². The maximum Gasteiger partial charge on any atom is 0.261 e. The van der Waals surface area contributed by atoms with E-state index in [1.165, 1.54) is 6.33 Å². The summed E-state index contributed by atoms with van der Waals surface area (Å²) in [6.45, 7) is 0. The van der Waals surface area contributed by atoms with E-state index in [2.05, 4.69) is 19.9 Å². The van der Waals surface area contributed by atoms with E-state index >= 15 is 0 Å². The highest BCUT2D eigenvalue weighted by atomic mass is 35.5. The Morgan fingerprint density at radius 2 is 1.46 bits per heavy atom. The quantitative estimate of drug-likeness (QED) is 0.490. The molecule has 0 spiro atoms. The summed E-state index contributed by atoms with van der Waals surface area (Å²) in [7, 11) is 0. The van der Waals surface area contributed by atoms with Crippen molar-refractivity contribution in [3.05, 3.63) is 80.1 Å². The number of aromatic amines is 2. The molecule has 0 aliphatic carbocycles. The molecule has 132 valence electrons. The van der Waals surface area contributed by atoms with Gasteiger partial charge in [0.2, 0.25) is 0 Å². The molecule has 2 N–H and O–H groups in total. The van der Waals surface area contributed by atoms with Gasteiger partial charge in [-0.2, -0.15) is 0 Å². The van der Waals surface area contributed by atoms with E-state index < -0.39 is 28.6 Å². The Balaban J connectivity index is 0.000000151. The van der Waals surface area contributed by atoms with Crippen LogP contribution in [0.4, 0.5) is 13.2 Å². The second-order valence-electron chi connectivity index (χ2n) is 5.00. The van der Waals surface area contributed by atoms with Crippen LogP contribution in [0.15, 0.2) is 46.5 Å². The van der Waals surface area contributed by atoms with E-state index in [9.17, 15) is 22.8 Å². The predicted octanol–water partition coefficient (Wildman–Crippen LogP) is 2.92. The first-order valence-electron chi connectivity index (χ1n) is 7.02. The SMILES string of the molecule is O=c1[nH]cnc2c(Cl)cc(F)cc12.O=c1[nH]cnc2c(F)ccc(F)c12. The Hall–Kier alpha value is -3.20. The molecule has 0 atom stereocenters. The molecular formula is C16H8ClF3N4O2. The number of rotatable bonds is 0. The van der Waals surface area contributed by atoms with E-state index in [0.717, 1.165) is 30.6 Å². The Kier molecular flexibility index (Phi) is 4.72. The number of halogens is 4. The van der Waals surface area contributed by atoms with Gasteiger partial charge in [-0.3, -0.25) is 9.59 Å². The molecule has 4 rings (SSSR count). The molecule has 0 saturated carbocycles. The van der Waals surface area contributed by atoms with Crippen molar-refractivity contribution in [2.75, 3.05) is 0 Å². The van der Waals surface area contributed by atoms with Gasteiger partial charge in [0.25, 0.3) is 11.1 Å². The van der Waals surface area contributed by atoms with Crippen molar-refractivity contribution in [1.29, 1.82) is 0 Å². The van der Waals surface area contributed by atoms with Crippen LogP contribution in [-0.2, 0) is 0 Å². The summed E-state index contributed by atoms with van der Waals surface area (Å²) >= 11 is 5.68. The molecule has 6 nitrogen and oxygen atoms in total. The molecular weight excluding hydrogens is 373 g/mol. The molecule has 0 bridgehead atoms. The molecule has 0 unspecified atom stereocenters. The largest absolute Gasteiger partial charge is 0.313 e. The van der Waals surface area contributed by atoms with Crippen molar-refractivity contribution >= 4 is 33.4 Å². The minimum Gasteiger partial charge on any atom is -0.313 e. The number of benzene rings is 2. The Bertz CT molecular complexity index is 1240. The summed E-state index contributed by atoms with van der Waals surface area (Å²) in [4.78, 5) is 34.1. The molecule has 2 aromatic heterocycles. The highest BCUT2D eigenvalue weighted by Crippen LogP contribution is 2.19. The molecule has 0 saturated heterocycles. The second kappa shape index (κ2) is 6.96. The minimum absolute atomic E-state index is 0.140. The van der Waals surface area contributed by atoms with E-state index in [1.54, 1.807) is 0 Å². The Morgan fingerprint density at radius 3 is 2.15 bits per heavy atom. The maximum atomic E-state index is 13.0. The summed E-state index contributed by atoms with van der Waals surface area (Å²) in [5.74, 6) is -2.02. The lowest BCUT2D eigenvalue weighted by atomic mass is 10.2. The standard InChI is InChI=1S/C8H4ClFN2O.C8H4F2N2O/c9-6-2-4(10)1-5-7(6)11-3-12-8(5)13;9-4-1-2-5(10)7-6(4)8(13)12-3-11-7/h2*1-3H,(H,11,12,13). The maximum absolute atomic E-state index is 13.0. The van der Waals surface area contributed by atoms with Crippen LogP contribution in [0.2, 0.25) is 5.02 Å². The fourth-order valence-corrected chi connectivity index (χ4v) is 2.47. The molecule has 0 radical (unpaired) electrons. The molecule has 2 aromatic carbocycles. The van der Waals surface area contributed by atoms with Gasteiger partial charge < -0.3 is 9.97 Å². The first-order valence-corrected chi connectivity index (χ1v) is 7.40. The monoisotopic (exact) mass is 380 g/mol. The van der Waals surface area contributed by atoms with Gasteiger partial charge >= 0.3 is 0 Å². The number of nitrogens with zero attached hydrogens (tertiary/aromatic N) is 2. The summed E-state index contributed by atoms with van der Waals surface area (Å²) in [5.41, 5.74) is -1.01. The number of fused-ring (bicyclic) bond motifs is 2. The summed E-state index contributed by atoms with van der Waals surface area (Å²) in [5, 5.41) is -0.0453. The average Bonchev–Trinajstić information content (AvgIpc) is 2.60. The van der Waals surface area contributed by atoms with Crippen molar-refractivity contribution in [1.82, 2.24) is 19.9 Å². The number of hydrogen-bond acceptors (Lipinski definition) is 4. The number of H-pyrrole nitrogens is 2. The van der Waals surface area contributed by atoms with Gasteiger partial charge in [-0.25, -0.2) is 23.1 Å². The minimum atomic E-state index is -0.772. The van der Waals surface area contributed by atoms with Crippen molar-refractivity contribution < 1.29 is 13.2 Å². The fourth-order valence-electron chi connectivity index (χ4n) is 2.21. The van der Waals surface area contributed by atoms with Crippen LogP contribution in [0, 0.1) is 17.5 Å². The zero-order valence-electron chi connectivity index (χ0n) is 12.7. The number of hydrogen-bond donors (Lipinski definition) is 2. The third-order valence-corrected chi connectivity index (χ3v) is 3.64. The van der Waals surface area contributed by atoms with Crippen LogP contribution in [0.25, 0.3) is 21.8 Å². The second-order valence-corrected chi connectivity index (χ2v) is 5.41. The number of aromatic nitrogens is 4. The topological polar surface area (TPSA) is 91.5 Å². The molecule has 0 amide bonds. The third-order valence-electron chi connectivity index (χ3n) is 3.36. The zero-order chi connectivity index (χ0) is 18.8. The predicted molar refractivity (Wildman–Crippen MR) is 89.6 cm³/mol. The van der Waals surface area contributed by atoms with Gasteiger partial charge in [-0.15, -0.1) is 0 Å². The molecule has 0 aliphatic heterocycles. The summed E-state index contributed by atoms with van der Waals surface area (Å²) in [6, 6.07) is 4.06. The Labute approximate surface area is 147 Å². The highest BCUT2D eigenvalue weighted by molar-refractivity contribution is 6.34. The first kappa shape index (κ1) is 17.6. The van der Waals surface area contributed by atoms with Gasteiger partial charge in [-0.1, -0.05) is 11.6 Å². The van der Waals surface area contributed by atoms with Gasteiger partial charge in [0.15, 0.2) is 0 Å². The molecule has 0 fully saturated rings. The number of nitrogens with one attached hydrogen (secondary N) is 2. The lowest BCUT2D eigenvalue weighted by molar-refractivity contribution is 0.614. The van der Waals surface area contributed by atoms with E-state index in [4.69, 9.17) is 11.6 Å². The van der Waals surface area contributed by atoms with Gasteiger partial charge in [-0.05, 0) is 24.3 Å². The van der Waals surface area contributed by atoms with Crippen LogP contribution < -0.4 is 11.1 Å². The summed E-state index contributed by atoms with van der Waals surface area (Å²) < 4.78 is 38.8. The molecule has 4 aromatic rings. The van der Waals surface area contributed by atoms with Crippen LogP contribution in [0.1, 0.15) is 0 Å².